The largest absolute Gasteiger partial charge is 0.398 e. The van der Waals surface area contributed by atoms with Gasteiger partial charge in [-0.25, -0.2) is 9.67 Å². The van der Waals surface area contributed by atoms with Gasteiger partial charge in [-0.15, -0.1) is 0 Å². The van der Waals surface area contributed by atoms with Crippen molar-refractivity contribution in [1.82, 2.24) is 19.7 Å². The SMILES string of the molecule is CC(C)n1ncnc1CN1C(=O)c2cccc(N)c2C1=O. The molecule has 0 unspecified atom stereocenters. The minimum Gasteiger partial charge on any atom is -0.398 e. The van der Waals surface area contributed by atoms with Gasteiger partial charge in [0.15, 0.2) is 0 Å². The lowest BCUT2D eigenvalue weighted by atomic mass is 10.1. The van der Waals surface area contributed by atoms with Crippen LogP contribution in [-0.2, 0) is 6.54 Å². The summed E-state index contributed by atoms with van der Waals surface area (Å²) in [6, 6.07) is 4.99. The zero-order chi connectivity index (χ0) is 15.1. The molecule has 1 aromatic heterocycles. The van der Waals surface area contributed by atoms with Crippen molar-refractivity contribution in [1.29, 1.82) is 0 Å². The molecule has 0 aliphatic carbocycles. The van der Waals surface area contributed by atoms with Crippen molar-refractivity contribution in [3.63, 3.8) is 0 Å². The van der Waals surface area contributed by atoms with Crippen LogP contribution in [0.1, 0.15) is 46.4 Å². The predicted octanol–water partition coefficient (Wildman–Crippen LogP) is 1.24. The Morgan fingerprint density at radius 1 is 1.24 bits per heavy atom. The molecule has 7 nitrogen and oxygen atoms in total. The molecule has 1 aromatic carbocycles. The van der Waals surface area contributed by atoms with Crippen molar-refractivity contribution in [2.24, 2.45) is 0 Å². The van der Waals surface area contributed by atoms with E-state index in [4.69, 9.17) is 5.73 Å². The van der Waals surface area contributed by atoms with Crippen LogP contribution in [0.5, 0.6) is 0 Å². The third-order valence-corrected chi connectivity index (χ3v) is 3.47. The minimum absolute atomic E-state index is 0.0873. The Labute approximate surface area is 121 Å². The van der Waals surface area contributed by atoms with Gasteiger partial charge in [-0.3, -0.25) is 14.5 Å². The molecule has 2 aromatic rings. The summed E-state index contributed by atoms with van der Waals surface area (Å²) in [6.07, 6.45) is 1.42. The molecule has 2 heterocycles. The van der Waals surface area contributed by atoms with Gasteiger partial charge < -0.3 is 5.73 Å². The maximum Gasteiger partial charge on any atom is 0.264 e. The number of nitrogen functional groups attached to an aromatic ring is 1. The molecule has 0 bridgehead atoms. The van der Waals surface area contributed by atoms with Crippen LogP contribution in [0.3, 0.4) is 0 Å². The van der Waals surface area contributed by atoms with E-state index in [2.05, 4.69) is 10.1 Å². The maximum absolute atomic E-state index is 12.4. The first-order valence-electron chi connectivity index (χ1n) is 6.63. The van der Waals surface area contributed by atoms with Gasteiger partial charge in [-0.1, -0.05) is 6.07 Å². The van der Waals surface area contributed by atoms with Crippen molar-refractivity contribution in [3.05, 3.63) is 41.5 Å². The Bertz CT molecular complexity index is 735. The van der Waals surface area contributed by atoms with Crippen LogP contribution in [0.15, 0.2) is 24.5 Å². The lowest BCUT2D eigenvalue weighted by molar-refractivity contribution is 0.0636. The summed E-state index contributed by atoms with van der Waals surface area (Å²) in [5, 5.41) is 4.11. The second kappa shape index (κ2) is 4.69. The van der Waals surface area contributed by atoms with Gasteiger partial charge >= 0.3 is 0 Å². The van der Waals surface area contributed by atoms with E-state index in [1.807, 2.05) is 13.8 Å². The second-order valence-electron chi connectivity index (χ2n) is 5.18. The number of aromatic nitrogens is 3. The number of carbonyl (C=O) groups is 2. The second-order valence-corrected chi connectivity index (χ2v) is 5.18. The van der Waals surface area contributed by atoms with Gasteiger partial charge in [0.2, 0.25) is 0 Å². The van der Waals surface area contributed by atoms with E-state index in [9.17, 15) is 9.59 Å². The zero-order valence-electron chi connectivity index (χ0n) is 11.8. The lowest BCUT2D eigenvalue weighted by Crippen LogP contribution is -2.31. The number of fused-ring (bicyclic) bond motifs is 1. The fourth-order valence-corrected chi connectivity index (χ4v) is 2.46. The lowest BCUT2D eigenvalue weighted by Gasteiger charge is -2.15. The number of hydrogen-bond acceptors (Lipinski definition) is 5. The molecule has 3 rings (SSSR count). The molecule has 1 aliphatic heterocycles. The topological polar surface area (TPSA) is 94.1 Å². The molecule has 21 heavy (non-hydrogen) atoms. The highest BCUT2D eigenvalue weighted by atomic mass is 16.2. The van der Waals surface area contributed by atoms with Gasteiger partial charge in [0.25, 0.3) is 11.8 Å². The molecule has 108 valence electrons. The summed E-state index contributed by atoms with van der Waals surface area (Å²) in [5.41, 5.74) is 6.74. The molecular formula is C14H15N5O2. The first kappa shape index (κ1) is 13.3. The van der Waals surface area contributed by atoms with E-state index in [0.717, 1.165) is 4.90 Å². The number of anilines is 1. The standard InChI is InChI=1S/C14H15N5O2/c1-8(2)19-11(16-7-17-19)6-18-13(20)9-4-3-5-10(15)12(9)14(18)21/h3-5,7-8H,6,15H2,1-2H3. The molecule has 0 saturated carbocycles. The fraction of sp³-hybridized carbons (Fsp3) is 0.286. The van der Waals surface area contributed by atoms with Gasteiger partial charge in [0.05, 0.1) is 17.7 Å². The van der Waals surface area contributed by atoms with Crippen LogP contribution < -0.4 is 5.73 Å². The number of amides is 2. The molecule has 0 fully saturated rings. The molecule has 7 heteroatoms. The number of nitrogens with zero attached hydrogens (tertiary/aromatic N) is 4. The van der Waals surface area contributed by atoms with Gasteiger partial charge in [0.1, 0.15) is 12.2 Å². The van der Waals surface area contributed by atoms with Crippen LogP contribution in [0.2, 0.25) is 0 Å². The third kappa shape index (κ3) is 1.97. The summed E-state index contributed by atoms with van der Waals surface area (Å²) in [6.45, 7) is 4.00. The smallest absolute Gasteiger partial charge is 0.264 e. The molecule has 0 saturated heterocycles. The summed E-state index contributed by atoms with van der Waals surface area (Å²) in [7, 11) is 0. The highest BCUT2D eigenvalue weighted by Crippen LogP contribution is 2.28. The quantitative estimate of drug-likeness (QED) is 0.676. The van der Waals surface area contributed by atoms with Crippen LogP contribution in [0.25, 0.3) is 0 Å². The van der Waals surface area contributed by atoms with E-state index in [1.54, 1.807) is 22.9 Å². The molecule has 2 amide bonds. The monoisotopic (exact) mass is 285 g/mol. The molecular weight excluding hydrogens is 270 g/mol. The first-order valence-corrected chi connectivity index (χ1v) is 6.63. The number of carbonyl (C=O) groups excluding carboxylic acids is 2. The number of rotatable bonds is 3. The number of imide groups is 1. The minimum atomic E-state index is -0.383. The number of hydrogen-bond donors (Lipinski definition) is 1. The van der Waals surface area contributed by atoms with Crippen molar-refractivity contribution >= 4 is 17.5 Å². The summed E-state index contributed by atoms with van der Waals surface area (Å²) in [4.78, 5) is 30.0. The Balaban J connectivity index is 1.96. The van der Waals surface area contributed by atoms with E-state index >= 15 is 0 Å². The van der Waals surface area contributed by atoms with Crippen LogP contribution in [0.4, 0.5) is 5.69 Å². The Hall–Kier alpha value is -2.70. The summed E-state index contributed by atoms with van der Waals surface area (Å²) in [5.74, 6) is -0.162. The van der Waals surface area contributed by atoms with Gasteiger partial charge in [-0.05, 0) is 26.0 Å². The Morgan fingerprint density at radius 2 is 2.00 bits per heavy atom. The summed E-state index contributed by atoms with van der Waals surface area (Å²) < 4.78 is 1.69. The highest BCUT2D eigenvalue weighted by Gasteiger charge is 2.37. The third-order valence-electron chi connectivity index (χ3n) is 3.47. The first-order chi connectivity index (χ1) is 10.0. The number of nitrogens with two attached hydrogens (primary N) is 1. The Kier molecular flexibility index (Phi) is 2.97. The average molecular weight is 285 g/mol. The molecule has 2 N–H and O–H groups in total. The molecule has 0 atom stereocenters. The van der Waals surface area contributed by atoms with Crippen LogP contribution in [-0.4, -0.2) is 31.5 Å². The van der Waals surface area contributed by atoms with Gasteiger partial charge in [0, 0.05) is 11.7 Å². The van der Waals surface area contributed by atoms with E-state index in [0.29, 0.717) is 17.1 Å². The number of benzene rings is 1. The van der Waals surface area contributed by atoms with E-state index < -0.39 is 0 Å². The fourth-order valence-electron chi connectivity index (χ4n) is 2.46. The molecule has 0 spiro atoms. The van der Waals surface area contributed by atoms with E-state index in [1.165, 1.54) is 6.33 Å². The maximum atomic E-state index is 12.4. The average Bonchev–Trinajstić information content (AvgIpc) is 2.99. The van der Waals surface area contributed by atoms with E-state index in [-0.39, 0.29) is 30.0 Å². The zero-order valence-corrected chi connectivity index (χ0v) is 11.8. The molecule has 0 radical (unpaired) electrons. The van der Waals surface area contributed by atoms with Crippen molar-refractivity contribution in [2.75, 3.05) is 5.73 Å². The van der Waals surface area contributed by atoms with Crippen LogP contribution in [0, 0.1) is 0 Å². The van der Waals surface area contributed by atoms with Crippen molar-refractivity contribution < 1.29 is 9.59 Å². The predicted molar refractivity (Wildman–Crippen MR) is 75.5 cm³/mol. The normalized spacial score (nSPS) is 14.1. The van der Waals surface area contributed by atoms with Crippen molar-refractivity contribution in [3.8, 4) is 0 Å². The van der Waals surface area contributed by atoms with Gasteiger partial charge in [-0.2, -0.15) is 5.10 Å². The molecule has 1 aliphatic rings. The van der Waals surface area contributed by atoms with Crippen LogP contribution >= 0.6 is 0 Å². The summed E-state index contributed by atoms with van der Waals surface area (Å²) >= 11 is 0. The van der Waals surface area contributed by atoms with Crippen molar-refractivity contribution in [2.45, 2.75) is 26.4 Å². The highest BCUT2D eigenvalue weighted by molar-refractivity contribution is 6.23. The Morgan fingerprint density at radius 3 is 2.67 bits per heavy atom.